The summed E-state index contributed by atoms with van der Waals surface area (Å²) in [6, 6.07) is 16.0. The molecule has 1 N–H and O–H groups in total. The number of benzene rings is 2. The third kappa shape index (κ3) is 4.82. The lowest BCUT2D eigenvalue weighted by Crippen LogP contribution is -2.45. The van der Waals surface area contributed by atoms with Gasteiger partial charge in [-0.05, 0) is 55.5 Å². The molecular formula is C22H25ClN2O2. The van der Waals surface area contributed by atoms with E-state index in [1.807, 2.05) is 48.5 Å². The molecule has 5 heteroatoms. The van der Waals surface area contributed by atoms with E-state index in [2.05, 4.69) is 10.2 Å². The van der Waals surface area contributed by atoms with E-state index < -0.39 is 0 Å². The Morgan fingerprint density at radius 2 is 1.74 bits per heavy atom. The van der Waals surface area contributed by atoms with Crippen LogP contribution in [0.25, 0.3) is 0 Å². The van der Waals surface area contributed by atoms with Crippen LogP contribution in [0.1, 0.15) is 41.6 Å². The molecule has 1 saturated heterocycles. The van der Waals surface area contributed by atoms with Crippen molar-refractivity contribution in [3.05, 3.63) is 64.7 Å². The minimum Gasteiger partial charge on any atom is -0.488 e. The van der Waals surface area contributed by atoms with E-state index in [-0.39, 0.29) is 11.9 Å². The molecule has 4 nitrogen and oxygen atoms in total. The lowest BCUT2D eigenvalue weighted by atomic mass is 10.0. The van der Waals surface area contributed by atoms with Crippen LogP contribution in [0.5, 0.6) is 5.75 Å². The molecular weight excluding hydrogens is 360 g/mol. The molecule has 0 aromatic heterocycles. The van der Waals surface area contributed by atoms with Gasteiger partial charge < -0.3 is 15.0 Å². The number of piperidine rings is 1. The van der Waals surface area contributed by atoms with Crippen molar-refractivity contribution in [2.45, 2.75) is 44.4 Å². The van der Waals surface area contributed by atoms with Gasteiger partial charge in [-0.15, -0.1) is 0 Å². The Morgan fingerprint density at radius 3 is 2.44 bits per heavy atom. The second kappa shape index (κ2) is 8.32. The molecule has 27 heavy (non-hydrogen) atoms. The van der Waals surface area contributed by atoms with Gasteiger partial charge in [-0.2, -0.15) is 0 Å². The zero-order valence-corrected chi connectivity index (χ0v) is 16.1. The minimum atomic E-state index is -0.0495. The second-order valence-electron chi connectivity index (χ2n) is 7.43. The number of carbonyl (C=O) groups excluding carboxylic acids is 1. The highest BCUT2D eigenvalue weighted by Gasteiger charge is 2.32. The molecule has 0 radical (unpaired) electrons. The highest BCUT2D eigenvalue weighted by atomic mass is 35.5. The van der Waals surface area contributed by atoms with Crippen LogP contribution in [0.15, 0.2) is 48.5 Å². The first-order valence-electron chi connectivity index (χ1n) is 9.70. The topological polar surface area (TPSA) is 41.6 Å². The van der Waals surface area contributed by atoms with Crippen LogP contribution in [-0.2, 0) is 6.61 Å². The fourth-order valence-electron chi connectivity index (χ4n) is 3.63. The fraction of sp³-hybridized carbons (Fsp3) is 0.409. The number of carbonyl (C=O) groups is 1. The van der Waals surface area contributed by atoms with Crippen molar-refractivity contribution in [1.29, 1.82) is 0 Å². The van der Waals surface area contributed by atoms with E-state index in [1.54, 1.807) is 0 Å². The molecule has 1 heterocycles. The van der Waals surface area contributed by atoms with Crippen LogP contribution in [0.4, 0.5) is 0 Å². The third-order valence-electron chi connectivity index (χ3n) is 5.37. The van der Waals surface area contributed by atoms with E-state index in [1.165, 1.54) is 12.8 Å². The average molecular weight is 385 g/mol. The molecule has 1 amide bonds. The number of halogens is 1. The predicted molar refractivity (Wildman–Crippen MR) is 107 cm³/mol. The number of ether oxygens (including phenoxy) is 1. The van der Waals surface area contributed by atoms with Gasteiger partial charge in [0.25, 0.3) is 5.91 Å². The first-order chi connectivity index (χ1) is 13.2. The smallest absolute Gasteiger partial charge is 0.255 e. The van der Waals surface area contributed by atoms with Crippen LogP contribution in [0.3, 0.4) is 0 Å². The van der Waals surface area contributed by atoms with Gasteiger partial charge in [0.15, 0.2) is 0 Å². The molecule has 1 aliphatic carbocycles. The van der Waals surface area contributed by atoms with Crippen molar-refractivity contribution in [1.82, 2.24) is 10.2 Å². The number of nitrogens with zero attached hydrogens (tertiary/aromatic N) is 1. The summed E-state index contributed by atoms with van der Waals surface area (Å²) >= 11 is 5.92. The summed E-state index contributed by atoms with van der Waals surface area (Å²) < 4.78 is 5.92. The zero-order chi connectivity index (χ0) is 18.6. The van der Waals surface area contributed by atoms with E-state index in [0.29, 0.717) is 22.9 Å². The molecule has 1 aliphatic heterocycles. The number of hydrogen-bond acceptors (Lipinski definition) is 3. The second-order valence-corrected chi connectivity index (χ2v) is 7.86. The summed E-state index contributed by atoms with van der Waals surface area (Å²) in [4.78, 5) is 15.4. The average Bonchev–Trinajstić information content (AvgIpc) is 3.54. The van der Waals surface area contributed by atoms with E-state index in [0.717, 1.165) is 37.5 Å². The number of para-hydroxylation sites is 1. The Bertz CT molecular complexity index is 781. The van der Waals surface area contributed by atoms with Crippen molar-refractivity contribution in [2.24, 2.45) is 0 Å². The Kier molecular flexibility index (Phi) is 5.65. The Balaban J connectivity index is 1.35. The molecule has 2 fully saturated rings. The molecule has 0 spiro atoms. The predicted octanol–water partition coefficient (Wildman–Crippen LogP) is 4.28. The van der Waals surface area contributed by atoms with Crippen molar-refractivity contribution < 1.29 is 9.53 Å². The molecule has 2 aromatic carbocycles. The first kappa shape index (κ1) is 18.3. The maximum absolute atomic E-state index is 12.8. The quantitative estimate of drug-likeness (QED) is 0.808. The first-order valence-corrected chi connectivity index (χ1v) is 10.1. The van der Waals surface area contributed by atoms with Crippen LogP contribution in [0.2, 0.25) is 5.02 Å². The number of amides is 1. The van der Waals surface area contributed by atoms with Crippen LogP contribution in [-0.4, -0.2) is 36.0 Å². The largest absolute Gasteiger partial charge is 0.488 e. The van der Waals surface area contributed by atoms with Crippen LogP contribution < -0.4 is 10.1 Å². The van der Waals surface area contributed by atoms with Gasteiger partial charge in [-0.25, -0.2) is 0 Å². The van der Waals surface area contributed by atoms with E-state index >= 15 is 0 Å². The molecule has 4 rings (SSSR count). The summed E-state index contributed by atoms with van der Waals surface area (Å²) in [5.74, 6) is 0.562. The molecule has 0 unspecified atom stereocenters. The van der Waals surface area contributed by atoms with Crippen LogP contribution >= 0.6 is 11.6 Å². The maximum Gasteiger partial charge on any atom is 0.255 e. The van der Waals surface area contributed by atoms with Gasteiger partial charge >= 0.3 is 0 Å². The lowest BCUT2D eigenvalue weighted by Gasteiger charge is -2.32. The fourth-order valence-corrected chi connectivity index (χ4v) is 3.76. The van der Waals surface area contributed by atoms with E-state index in [9.17, 15) is 4.79 Å². The highest BCUT2D eigenvalue weighted by molar-refractivity contribution is 6.30. The van der Waals surface area contributed by atoms with E-state index in [4.69, 9.17) is 16.3 Å². The van der Waals surface area contributed by atoms with Gasteiger partial charge in [0, 0.05) is 30.2 Å². The van der Waals surface area contributed by atoms with Crippen molar-refractivity contribution >= 4 is 17.5 Å². The van der Waals surface area contributed by atoms with Gasteiger partial charge in [0.2, 0.25) is 0 Å². The van der Waals surface area contributed by atoms with Crippen molar-refractivity contribution in [2.75, 3.05) is 13.1 Å². The van der Waals surface area contributed by atoms with Crippen molar-refractivity contribution in [3.63, 3.8) is 0 Å². The number of rotatable bonds is 6. The summed E-state index contributed by atoms with van der Waals surface area (Å²) in [5, 5.41) is 3.90. The Labute approximate surface area is 165 Å². The molecule has 0 atom stereocenters. The normalized spacial score (nSPS) is 18.3. The monoisotopic (exact) mass is 384 g/mol. The summed E-state index contributed by atoms with van der Waals surface area (Å²) in [6.07, 6.45) is 4.73. The molecule has 2 aromatic rings. The molecule has 1 saturated carbocycles. The number of likely N-dealkylation sites (tertiary alicyclic amines) is 1. The Morgan fingerprint density at radius 1 is 1.04 bits per heavy atom. The van der Waals surface area contributed by atoms with Gasteiger partial charge in [-0.3, -0.25) is 4.79 Å². The summed E-state index contributed by atoms with van der Waals surface area (Å²) in [5.41, 5.74) is 1.61. The number of nitrogens with one attached hydrogen (secondary N) is 1. The van der Waals surface area contributed by atoms with Gasteiger partial charge in [-0.1, -0.05) is 35.9 Å². The number of hydrogen-bond donors (Lipinski definition) is 1. The summed E-state index contributed by atoms with van der Waals surface area (Å²) in [7, 11) is 0. The molecule has 2 aliphatic rings. The van der Waals surface area contributed by atoms with Gasteiger partial charge in [0.05, 0.1) is 5.56 Å². The standard InChI is InChI=1S/C22H25ClN2O2/c23-17-7-5-16(6-8-17)15-27-21-4-2-1-3-20(21)22(26)24-18-11-13-25(14-12-18)19-9-10-19/h1-8,18-19H,9-15H2,(H,24,26). The molecule has 142 valence electrons. The van der Waals surface area contributed by atoms with Crippen LogP contribution in [0, 0.1) is 0 Å². The maximum atomic E-state index is 12.8. The summed E-state index contributed by atoms with van der Waals surface area (Å²) in [6.45, 7) is 2.58. The lowest BCUT2D eigenvalue weighted by molar-refractivity contribution is 0.0904. The molecule has 0 bridgehead atoms. The van der Waals surface area contributed by atoms with Crippen molar-refractivity contribution in [3.8, 4) is 5.75 Å². The Hall–Kier alpha value is -2.04. The SMILES string of the molecule is O=C(NC1CCN(C2CC2)CC1)c1ccccc1OCc1ccc(Cl)cc1. The highest BCUT2D eigenvalue weighted by Crippen LogP contribution is 2.29. The third-order valence-corrected chi connectivity index (χ3v) is 5.62. The zero-order valence-electron chi connectivity index (χ0n) is 15.4. The minimum absolute atomic E-state index is 0.0495. The van der Waals surface area contributed by atoms with Gasteiger partial charge in [0.1, 0.15) is 12.4 Å².